The van der Waals surface area contributed by atoms with Gasteiger partial charge in [-0.1, -0.05) is 65.0 Å². The molecule has 9 nitrogen and oxygen atoms in total. The smallest absolute Gasteiger partial charge is 0.264 e. The number of benzene rings is 3. The Hall–Kier alpha value is -3.57. The molecule has 11 heteroatoms. The van der Waals surface area contributed by atoms with Gasteiger partial charge in [0.2, 0.25) is 11.8 Å². The van der Waals surface area contributed by atoms with E-state index in [1.54, 1.807) is 31.2 Å². The molecule has 1 atom stereocenters. The van der Waals surface area contributed by atoms with Crippen LogP contribution in [-0.2, 0) is 26.2 Å². The summed E-state index contributed by atoms with van der Waals surface area (Å²) in [5.74, 6) is -0.146. The largest absolute Gasteiger partial charge is 0.493 e. The summed E-state index contributed by atoms with van der Waals surface area (Å²) in [7, 11) is -1.36. The molecule has 1 aliphatic rings. The van der Waals surface area contributed by atoms with Gasteiger partial charge >= 0.3 is 0 Å². The first-order chi connectivity index (χ1) is 21.0. The number of ether oxygens (including phenoxy) is 2. The quantitative estimate of drug-likeness (QED) is 0.257. The molecule has 1 saturated carbocycles. The molecule has 1 aliphatic carbocycles. The zero-order valence-electron chi connectivity index (χ0n) is 25.6. The molecule has 0 aromatic heterocycles. The number of nitrogens with one attached hydrogen (secondary N) is 1. The van der Waals surface area contributed by atoms with Gasteiger partial charge in [0.1, 0.15) is 12.6 Å². The van der Waals surface area contributed by atoms with Crippen molar-refractivity contribution >= 4 is 43.5 Å². The molecule has 4 rings (SSSR count). The van der Waals surface area contributed by atoms with Gasteiger partial charge in [-0.3, -0.25) is 13.9 Å². The van der Waals surface area contributed by atoms with Crippen LogP contribution in [0.5, 0.6) is 11.5 Å². The molecule has 44 heavy (non-hydrogen) atoms. The summed E-state index contributed by atoms with van der Waals surface area (Å²) in [6.07, 6.45) is 5.08. The van der Waals surface area contributed by atoms with E-state index in [9.17, 15) is 18.0 Å². The van der Waals surface area contributed by atoms with Gasteiger partial charge in [-0.05, 0) is 68.7 Å². The topological polar surface area (TPSA) is 105 Å². The van der Waals surface area contributed by atoms with E-state index in [1.165, 1.54) is 37.3 Å². The Morgan fingerprint density at radius 3 is 2.18 bits per heavy atom. The summed E-state index contributed by atoms with van der Waals surface area (Å²) in [6.45, 7) is 3.20. The Labute approximate surface area is 268 Å². The van der Waals surface area contributed by atoms with Gasteiger partial charge in [0.25, 0.3) is 10.0 Å². The Kier molecular flexibility index (Phi) is 11.3. The average Bonchev–Trinajstić information content (AvgIpc) is 3.03. The van der Waals surface area contributed by atoms with Crippen molar-refractivity contribution in [1.82, 2.24) is 10.2 Å². The van der Waals surface area contributed by atoms with Crippen LogP contribution in [0.4, 0.5) is 5.69 Å². The van der Waals surface area contributed by atoms with Crippen molar-refractivity contribution in [2.75, 3.05) is 25.1 Å². The predicted octanol–water partition coefficient (Wildman–Crippen LogP) is 5.84. The molecule has 0 aliphatic heterocycles. The number of carbonyl (C=O) groups excluding carboxylic acids is 2. The highest BCUT2D eigenvalue weighted by Crippen LogP contribution is 2.32. The number of halogens is 1. The summed E-state index contributed by atoms with van der Waals surface area (Å²) >= 11 is 3.44. The first kappa shape index (κ1) is 33.3. The molecule has 236 valence electrons. The molecule has 3 aromatic rings. The third-order valence-corrected chi connectivity index (χ3v) is 10.2. The number of nitrogens with zero attached hydrogens (tertiary/aromatic N) is 2. The molecule has 1 fully saturated rings. The van der Waals surface area contributed by atoms with Crippen LogP contribution in [0.2, 0.25) is 0 Å². The first-order valence-corrected chi connectivity index (χ1v) is 16.9. The monoisotopic (exact) mass is 685 g/mol. The number of carbonyl (C=O) groups is 2. The van der Waals surface area contributed by atoms with E-state index in [2.05, 4.69) is 21.2 Å². The lowest BCUT2D eigenvalue weighted by Crippen LogP contribution is -2.53. The molecular formula is C33H40BrN3O6S. The van der Waals surface area contributed by atoms with Gasteiger partial charge in [-0.15, -0.1) is 0 Å². The second-order valence-corrected chi connectivity index (χ2v) is 13.8. The fourth-order valence-corrected chi connectivity index (χ4v) is 6.98. The third kappa shape index (κ3) is 8.12. The lowest BCUT2D eigenvalue weighted by molar-refractivity contribution is -0.139. The fraction of sp³-hybridized carbons (Fsp3) is 0.394. The molecule has 3 aromatic carbocycles. The summed E-state index contributed by atoms with van der Waals surface area (Å²) in [5.41, 5.74) is 2.07. The van der Waals surface area contributed by atoms with Crippen molar-refractivity contribution in [3.8, 4) is 11.5 Å². The summed E-state index contributed by atoms with van der Waals surface area (Å²) < 4.78 is 41.0. The van der Waals surface area contributed by atoms with Gasteiger partial charge in [0.05, 0.1) is 24.8 Å². The zero-order chi connectivity index (χ0) is 31.9. The highest BCUT2D eigenvalue weighted by Gasteiger charge is 2.33. The molecule has 0 spiro atoms. The second kappa shape index (κ2) is 14.9. The molecular weight excluding hydrogens is 646 g/mol. The van der Waals surface area contributed by atoms with Crippen LogP contribution >= 0.6 is 15.9 Å². The number of rotatable bonds is 12. The van der Waals surface area contributed by atoms with Crippen LogP contribution < -0.4 is 19.1 Å². The number of aryl methyl sites for hydroxylation is 1. The Morgan fingerprint density at radius 1 is 0.932 bits per heavy atom. The average molecular weight is 687 g/mol. The van der Waals surface area contributed by atoms with Crippen LogP contribution in [-0.4, -0.2) is 58.0 Å². The van der Waals surface area contributed by atoms with E-state index in [0.717, 1.165) is 52.0 Å². The van der Waals surface area contributed by atoms with Crippen molar-refractivity contribution < 1.29 is 27.5 Å². The molecule has 0 bridgehead atoms. The second-order valence-electron chi connectivity index (χ2n) is 11.0. The minimum absolute atomic E-state index is 0.0638. The van der Waals surface area contributed by atoms with Crippen LogP contribution in [0, 0.1) is 6.92 Å². The maximum atomic E-state index is 14.2. The standard InChI is InChI=1S/C33H40BrN3O6S/c1-23-10-16-28(17-11-23)37(44(40,41)29-18-19-30(42-3)31(20-29)43-4)22-32(38)36(21-25-12-14-26(34)15-13-25)24(2)33(39)35-27-8-6-5-7-9-27/h10-20,24,27H,5-9,21-22H2,1-4H3,(H,35,39). The molecule has 0 saturated heterocycles. The highest BCUT2D eigenvalue weighted by atomic mass is 79.9. The lowest BCUT2D eigenvalue weighted by atomic mass is 9.95. The van der Waals surface area contributed by atoms with E-state index in [1.807, 2.05) is 31.2 Å². The van der Waals surface area contributed by atoms with Gasteiger partial charge in [-0.2, -0.15) is 0 Å². The van der Waals surface area contributed by atoms with Gasteiger partial charge in [0, 0.05) is 23.1 Å². The normalized spacial score (nSPS) is 14.4. The number of hydrogen-bond acceptors (Lipinski definition) is 6. The number of hydrogen-bond donors (Lipinski definition) is 1. The van der Waals surface area contributed by atoms with Gasteiger partial charge in [-0.25, -0.2) is 8.42 Å². The summed E-state index contributed by atoms with van der Waals surface area (Å²) in [4.78, 5) is 29.1. The van der Waals surface area contributed by atoms with Crippen molar-refractivity contribution in [2.45, 2.75) is 69.5 Å². The minimum Gasteiger partial charge on any atom is -0.493 e. The van der Waals surface area contributed by atoms with Gasteiger partial charge in [0.15, 0.2) is 11.5 Å². The van der Waals surface area contributed by atoms with Crippen molar-refractivity contribution in [2.24, 2.45) is 0 Å². The molecule has 1 unspecified atom stereocenters. The van der Waals surface area contributed by atoms with Crippen LogP contribution in [0.1, 0.15) is 50.2 Å². The Morgan fingerprint density at radius 2 is 1.57 bits per heavy atom. The highest BCUT2D eigenvalue weighted by molar-refractivity contribution is 9.10. The first-order valence-electron chi connectivity index (χ1n) is 14.7. The van der Waals surface area contributed by atoms with E-state index in [0.29, 0.717) is 11.4 Å². The molecule has 2 amide bonds. The van der Waals surface area contributed by atoms with Crippen LogP contribution in [0.3, 0.4) is 0 Å². The van der Waals surface area contributed by atoms with E-state index in [4.69, 9.17) is 9.47 Å². The Balaban J connectivity index is 1.70. The molecule has 0 heterocycles. The van der Waals surface area contributed by atoms with E-state index >= 15 is 0 Å². The van der Waals surface area contributed by atoms with E-state index in [-0.39, 0.29) is 29.1 Å². The lowest BCUT2D eigenvalue weighted by Gasteiger charge is -2.33. The van der Waals surface area contributed by atoms with Crippen molar-refractivity contribution in [1.29, 1.82) is 0 Å². The maximum absolute atomic E-state index is 14.2. The number of amides is 2. The fourth-order valence-electron chi connectivity index (χ4n) is 5.28. The number of sulfonamides is 1. The SMILES string of the molecule is COc1ccc(S(=O)(=O)N(CC(=O)N(Cc2ccc(Br)cc2)C(C)C(=O)NC2CCCCC2)c2ccc(C)cc2)cc1OC. The number of methoxy groups -OCH3 is 2. The van der Waals surface area contributed by atoms with Crippen molar-refractivity contribution in [3.05, 3.63) is 82.3 Å². The minimum atomic E-state index is -4.26. The Bertz CT molecular complexity index is 1540. The maximum Gasteiger partial charge on any atom is 0.264 e. The third-order valence-electron chi connectivity index (χ3n) is 7.93. The summed E-state index contributed by atoms with van der Waals surface area (Å²) in [5, 5.41) is 3.12. The van der Waals surface area contributed by atoms with Gasteiger partial charge < -0.3 is 19.7 Å². The molecule has 0 radical (unpaired) electrons. The summed E-state index contributed by atoms with van der Waals surface area (Å²) in [6, 6.07) is 17.9. The van der Waals surface area contributed by atoms with Crippen LogP contribution in [0.25, 0.3) is 0 Å². The van der Waals surface area contributed by atoms with E-state index < -0.39 is 28.5 Å². The van der Waals surface area contributed by atoms with Crippen molar-refractivity contribution in [3.63, 3.8) is 0 Å². The predicted molar refractivity (Wildman–Crippen MR) is 174 cm³/mol. The number of anilines is 1. The zero-order valence-corrected chi connectivity index (χ0v) is 28.0. The molecule has 1 N–H and O–H groups in total. The van der Waals surface area contributed by atoms with Crippen LogP contribution in [0.15, 0.2) is 76.1 Å².